The average Bonchev–Trinajstić information content (AvgIpc) is 3.16. The van der Waals surface area contributed by atoms with E-state index in [0.717, 1.165) is 44.5 Å². The number of hydrogen-bond donors (Lipinski definition) is 0. The van der Waals surface area contributed by atoms with Crippen LogP contribution in [-0.2, 0) is 35.4 Å². The Kier molecular flexibility index (Phi) is 4.42. The largest absolute Gasteiger partial charge is 0.428 e. The summed E-state index contributed by atoms with van der Waals surface area (Å²) in [4.78, 5) is 25.6. The maximum Gasteiger partial charge on any atom is 0.312 e. The summed E-state index contributed by atoms with van der Waals surface area (Å²) >= 11 is 0. The minimum absolute atomic E-state index is 0.199. The molecule has 3 heterocycles. The minimum Gasteiger partial charge on any atom is -0.428 e. The van der Waals surface area contributed by atoms with Crippen molar-refractivity contribution in [1.82, 2.24) is 0 Å². The summed E-state index contributed by atoms with van der Waals surface area (Å²) in [5, 5.41) is 0. The van der Waals surface area contributed by atoms with Gasteiger partial charge in [0.15, 0.2) is 0 Å². The molecule has 2 aromatic carbocycles. The second-order valence-electron chi connectivity index (χ2n) is 10.0. The van der Waals surface area contributed by atoms with Crippen molar-refractivity contribution in [1.29, 1.82) is 0 Å². The fraction of sp³-hybridized carbons (Fsp3) is 0.481. The topological polar surface area (TPSA) is 61.8 Å². The van der Waals surface area contributed by atoms with Gasteiger partial charge in [0.2, 0.25) is 11.6 Å². The van der Waals surface area contributed by atoms with E-state index in [1.54, 1.807) is 0 Å². The Morgan fingerprint density at radius 3 is 1.72 bits per heavy atom. The number of ether oxygens (including phenoxy) is 3. The third-order valence-electron chi connectivity index (χ3n) is 7.53. The lowest BCUT2D eigenvalue weighted by atomic mass is 9.72. The highest BCUT2D eigenvalue weighted by Crippen LogP contribution is 2.67. The van der Waals surface area contributed by atoms with Crippen LogP contribution in [0, 0.1) is 59.3 Å². The van der Waals surface area contributed by atoms with Gasteiger partial charge in [0.1, 0.15) is 0 Å². The van der Waals surface area contributed by atoms with Crippen molar-refractivity contribution >= 4 is 11.9 Å². The molecule has 0 radical (unpaired) electrons. The zero-order chi connectivity index (χ0) is 23.2. The SMILES string of the molecule is Cc1cc(C)c(C23OC(=O)CC2C2C(C)C(=O)OC2(c2c(C)cc(C)cc2C)O3)c(C)c1. The molecule has 0 spiro atoms. The average molecular weight is 435 g/mol. The minimum atomic E-state index is -1.28. The van der Waals surface area contributed by atoms with Gasteiger partial charge in [-0.1, -0.05) is 42.3 Å². The van der Waals surface area contributed by atoms with Crippen molar-refractivity contribution < 1.29 is 23.8 Å². The molecule has 5 rings (SSSR count). The first-order valence-corrected chi connectivity index (χ1v) is 11.3. The summed E-state index contributed by atoms with van der Waals surface area (Å²) in [6.07, 6.45) is 0.199. The van der Waals surface area contributed by atoms with E-state index >= 15 is 0 Å². The molecule has 0 bridgehead atoms. The Morgan fingerprint density at radius 1 is 0.750 bits per heavy atom. The van der Waals surface area contributed by atoms with Crippen LogP contribution in [0.3, 0.4) is 0 Å². The number of benzene rings is 2. The molecule has 5 atom stereocenters. The third-order valence-corrected chi connectivity index (χ3v) is 7.53. The molecular formula is C27H30O5. The third kappa shape index (κ3) is 2.60. The summed E-state index contributed by atoms with van der Waals surface area (Å²) in [7, 11) is 0. The van der Waals surface area contributed by atoms with Crippen molar-refractivity contribution in [3.8, 4) is 0 Å². The first-order valence-electron chi connectivity index (χ1n) is 11.3. The number of carbonyl (C=O) groups excluding carboxylic acids is 2. The predicted molar refractivity (Wildman–Crippen MR) is 119 cm³/mol. The highest BCUT2D eigenvalue weighted by atomic mass is 16.8. The van der Waals surface area contributed by atoms with E-state index in [1.165, 1.54) is 0 Å². The predicted octanol–water partition coefficient (Wildman–Crippen LogP) is 4.95. The van der Waals surface area contributed by atoms with Crippen LogP contribution in [0.2, 0.25) is 0 Å². The van der Waals surface area contributed by atoms with E-state index in [2.05, 4.69) is 31.2 Å². The van der Waals surface area contributed by atoms with E-state index in [1.807, 2.05) is 41.5 Å². The van der Waals surface area contributed by atoms with Gasteiger partial charge in [0.05, 0.1) is 24.2 Å². The second kappa shape index (κ2) is 6.67. The summed E-state index contributed by atoms with van der Waals surface area (Å²) in [6.45, 7) is 14.1. The van der Waals surface area contributed by atoms with Gasteiger partial charge in [0.25, 0.3) is 0 Å². The van der Waals surface area contributed by atoms with Crippen molar-refractivity contribution in [3.63, 3.8) is 0 Å². The highest BCUT2D eigenvalue weighted by molar-refractivity contribution is 5.79. The second-order valence-corrected chi connectivity index (χ2v) is 10.0. The maximum atomic E-state index is 12.9. The first-order chi connectivity index (χ1) is 15.0. The molecule has 2 aromatic rings. The van der Waals surface area contributed by atoms with Gasteiger partial charge in [-0.2, -0.15) is 0 Å². The Balaban J connectivity index is 1.80. The van der Waals surface area contributed by atoms with Crippen LogP contribution in [0.4, 0.5) is 0 Å². The summed E-state index contributed by atoms with van der Waals surface area (Å²) in [6, 6.07) is 8.34. The normalized spacial score (nSPS) is 33.2. The van der Waals surface area contributed by atoms with Gasteiger partial charge in [-0.15, -0.1) is 0 Å². The number of carbonyl (C=O) groups is 2. The molecule has 0 aromatic heterocycles. The zero-order valence-corrected chi connectivity index (χ0v) is 19.8. The Labute approximate surface area is 189 Å². The fourth-order valence-electron chi connectivity index (χ4n) is 6.79. The molecular weight excluding hydrogens is 404 g/mol. The van der Waals surface area contributed by atoms with Crippen LogP contribution in [0.25, 0.3) is 0 Å². The molecule has 0 N–H and O–H groups in total. The fourth-order valence-corrected chi connectivity index (χ4v) is 6.79. The van der Waals surface area contributed by atoms with E-state index in [0.29, 0.717) is 0 Å². The number of esters is 2. The van der Waals surface area contributed by atoms with Gasteiger partial charge in [-0.25, -0.2) is 0 Å². The molecule has 0 aliphatic carbocycles. The van der Waals surface area contributed by atoms with Crippen LogP contribution in [0.15, 0.2) is 24.3 Å². The molecule has 3 fully saturated rings. The molecule has 3 saturated heterocycles. The Hall–Kier alpha value is -2.66. The zero-order valence-electron chi connectivity index (χ0n) is 19.8. The number of hydrogen-bond acceptors (Lipinski definition) is 5. The van der Waals surface area contributed by atoms with Crippen LogP contribution in [0.5, 0.6) is 0 Å². The van der Waals surface area contributed by atoms with E-state index < -0.39 is 17.5 Å². The smallest absolute Gasteiger partial charge is 0.312 e. The van der Waals surface area contributed by atoms with Gasteiger partial charge >= 0.3 is 11.9 Å². The van der Waals surface area contributed by atoms with Gasteiger partial charge in [0, 0.05) is 11.1 Å². The van der Waals surface area contributed by atoms with Crippen LogP contribution in [-0.4, -0.2) is 11.9 Å². The van der Waals surface area contributed by atoms with Crippen LogP contribution >= 0.6 is 0 Å². The van der Waals surface area contributed by atoms with Crippen molar-refractivity contribution in [2.24, 2.45) is 17.8 Å². The summed E-state index contributed by atoms with van der Waals surface area (Å²) in [5.74, 6) is -4.22. The van der Waals surface area contributed by atoms with Crippen molar-refractivity contribution in [2.45, 2.75) is 66.5 Å². The standard InChI is InChI=1S/C27H30O5/c1-13-8-15(3)22(16(4)9-13)26-20(12-21(28)30-26)24-19(7)25(29)31-27(24,32-26)23-17(5)10-14(2)11-18(23)6/h8-11,19-20,24H,12H2,1-7H3. The summed E-state index contributed by atoms with van der Waals surface area (Å²) < 4.78 is 19.1. The molecule has 5 heteroatoms. The van der Waals surface area contributed by atoms with Gasteiger partial charge in [-0.05, 0) is 63.8 Å². The molecule has 5 unspecified atom stereocenters. The summed E-state index contributed by atoms with van der Waals surface area (Å²) in [5.41, 5.74) is 8.05. The molecule has 0 amide bonds. The molecule has 5 nitrogen and oxygen atoms in total. The first kappa shape index (κ1) is 21.2. The van der Waals surface area contributed by atoms with Crippen molar-refractivity contribution in [2.75, 3.05) is 0 Å². The number of rotatable bonds is 2. The number of fused-ring (bicyclic) bond motifs is 3. The van der Waals surface area contributed by atoms with E-state index in [-0.39, 0.29) is 30.2 Å². The lowest BCUT2D eigenvalue weighted by molar-refractivity contribution is -0.307. The number of aryl methyl sites for hydroxylation is 6. The maximum absolute atomic E-state index is 12.9. The molecule has 3 aliphatic rings. The Morgan fingerprint density at radius 2 is 1.22 bits per heavy atom. The highest BCUT2D eigenvalue weighted by Gasteiger charge is 2.76. The lowest BCUT2D eigenvalue weighted by Gasteiger charge is -2.35. The molecule has 32 heavy (non-hydrogen) atoms. The molecule has 168 valence electrons. The molecule has 0 saturated carbocycles. The molecule has 3 aliphatic heterocycles. The monoisotopic (exact) mass is 434 g/mol. The lowest BCUT2D eigenvalue weighted by Crippen LogP contribution is -2.38. The van der Waals surface area contributed by atoms with Crippen LogP contribution in [0.1, 0.15) is 57.9 Å². The van der Waals surface area contributed by atoms with Gasteiger partial charge in [-0.3, -0.25) is 14.3 Å². The van der Waals surface area contributed by atoms with Crippen LogP contribution < -0.4 is 0 Å². The van der Waals surface area contributed by atoms with Gasteiger partial charge < -0.3 is 9.47 Å². The quantitative estimate of drug-likeness (QED) is 0.626. The Bertz CT molecular complexity index is 1130. The van der Waals surface area contributed by atoms with E-state index in [9.17, 15) is 9.59 Å². The van der Waals surface area contributed by atoms with Crippen molar-refractivity contribution in [3.05, 3.63) is 68.8 Å². The van der Waals surface area contributed by atoms with E-state index in [4.69, 9.17) is 14.2 Å².